The number of nitrogens with one attached hydrogen (secondary N) is 1. The van der Waals surface area contributed by atoms with Crippen LogP contribution in [0.5, 0.6) is 0 Å². The first-order chi connectivity index (χ1) is 12.7. The highest BCUT2D eigenvalue weighted by Gasteiger charge is 2.32. The molecule has 0 saturated heterocycles. The van der Waals surface area contributed by atoms with Gasteiger partial charge in [-0.05, 0) is 30.9 Å². The van der Waals surface area contributed by atoms with Crippen LogP contribution in [0.15, 0.2) is 41.6 Å². The molecule has 1 aliphatic heterocycles. The van der Waals surface area contributed by atoms with Gasteiger partial charge in [0, 0.05) is 19.3 Å². The number of amides is 1. The quantitative estimate of drug-likeness (QED) is 0.592. The van der Waals surface area contributed by atoms with Gasteiger partial charge < -0.3 is 16.2 Å². The first-order valence-electron chi connectivity index (χ1n) is 9.02. The molecule has 4 N–H and O–H groups in total. The summed E-state index contributed by atoms with van der Waals surface area (Å²) < 4.78 is 26.7. The fraction of sp³-hybridized carbons (Fsp3) is 0.556. The Labute approximate surface area is 160 Å². The molecule has 0 aliphatic carbocycles. The van der Waals surface area contributed by atoms with Gasteiger partial charge in [-0.25, -0.2) is 13.4 Å². The average molecular weight is 397 g/mol. The van der Waals surface area contributed by atoms with Crippen LogP contribution < -0.4 is 11.1 Å². The van der Waals surface area contributed by atoms with E-state index in [1.54, 1.807) is 24.3 Å². The van der Waals surface area contributed by atoms with Gasteiger partial charge in [0.2, 0.25) is 5.91 Å². The molecule has 1 aromatic heterocycles. The molecule has 3 atom stereocenters. The van der Waals surface area contributed by atoms with E-state index in [1.807, 2.05) is 13.8 Å². The Bertz CT molecular complexity index is 752. The molecule has 150 valence electrons. The molecule has 1 amide bonds. The van der Waals surface area contributed by atoms with Crippen LogP contribution in [0, 0.1) is 5.92 Å². The number of sulfonamides is 1. The number of hydrogen-bond acceptors (Lipinski definition) is 6. The highest BCUT2D eigenvalue weighted by molar-refractivity contribution is 7.89. The van der Waals surface area contributed by atoms with Gasteiger partial charge in [0.05, 0.1) is 18.2 Å². The molecule has 0 fully saturated rings. The number of hydrogen-bond donors (Lipinski definition) is 3. The zero-order valence-electron chi connectivity index (χ0n) is 15.7. The number of aromatic nitrogens is 1. The molecule has 2 unspecified atom stereocenters. The Hall–Kier alpha value is -1.81. The fourth-order valence-electron chi connectivity index (χ4n) is 2.89. The van der Waals surface area contributed by atoms with E-state index in [0.29, 0.717) is 12.8 Å². The molecule has 0 aromatic carbocycles. The van der Waals surface area contributed by atoms with Crippen molar-refractivity contribution in [2.24, 2.45) is 11.7 Å². The first-order valence-corrected chi connectivity index (χ1v) is 10.5. The Kier molecular flexibility index (Phi) is 7.49. The maximum atomic E-state index is 12.8. The fourth-order valence-corrected chi connectivity index (χ4v) is 4.23. The number of pyridine rings is 1. The lowest BCUT2D eigenvalue weighted by Gasteiger charge is -2.30. The summed E-state index contributed by atoms with van der Waals surface area (Å²) >= 11 is 0. The lowest BCUT2D eigenvalue weighted by molar-refractivity contribution is -0.124. The van der Waals surface area contributed by atoms with Gasteiger partial charge >= 0.3 is 0 Å². The number of nitrogens with two attached hydrogens (primary N) is 1. The van der Waals surface area contributed by atoms with Crippen LogP contribution in [0.4, 0.5) is 0 Å². The van der Waals surface area contributed by atoms with Crippen LogP contribution in [-0.4, -0.2) is 60.0 Å². The summed E-state index contributed by atoms with van der Waals surface area (Å²) in [7, 11) is -3.85. The topological polar surface area (TPSA) is 126 Å². The Balaban J connectivity index is 2.11. The molecule has 27 heavy (non-hydrogen) atoms. The van der Waals surface area contributed by atoms with Crippen LogP contribution in [0.2, 0.25) is 0 Å². The third-order valence-corrected chi connectivity index (χ3v) is 6.10. The summed E-state index contributed by atoms with van der Waals surface area (Å²) in [5.41, 5.74) is 5.90. The summed E-state index contributed by atoms with van der Waals surface area (Å²) in [6.07, 6.45) is 4.73. The van der Waals surface area contributed by atoms with Gasteiger partial charge in [-0.2, -0.15) is 4.31 Å². The number of β-amino-alcohol motifs (C(OH)–C–C–N with tert-alkyl or cyclic N) is 1. The predicted molar refractivity (Wildman–Crippen MR) is 102 cm³/mol. The van der Waals surface area contributed by atoms with Gasteiger partial charge in [0.15, 0.2) is 5.03 Å². The standard InChI is InChI=1S/C18H28N4O4S/c1-13(2)11-14(19)18(24)21-15-7-4-6-10-22(12-16(15)23)27(25,26)17-8-3-5-9-20-17/h3-6,8-9,13-16,23H,7,10-12,19H2,1-2H3,(H,21,24)/b6-4-/t14-,15?,16?/m0/s1. The maximum Gasteiger partial charge on any atom is 0.260 e. The predicted octanol–water partition coefficient (Wildman–Crippen LogP) is 0.251. The van der Waals surface area contributed by atoms with Crippen LogP contribution in [0.3, 0.4) is 0 Å². The Morgan fingerprint density at radius 2 is 2.15 bits per heavy atom. The van der Waals surface area contributed by atoms with Gasteiger partial charge in [-0.15, -0.1) is 0 Å². The molecule has 8 nitrogen and oxygen atoms in total. The summed E-state index contributed by atoms with van der Waals surface area (Å²) in [5.74, 6) is -0.0761. The number of aliphatic hydroxyl groups is 1. The number of nitrogens with zero attached hydrogens (tertiary/aromatic N) is 2. The summed E-state index contributed by atoms with van der Waals surface area (Å²) in [5, 5.41) is 13.2. The van der Waals surface area contributed by atoms with E-state index < -0.39 is 28.2 Å². The second-order valence-electron chi connectivity index (χ2n) is 7.12. The van der Waals surface area contributed by atoms with Crippen molar-refractivity contribution >= 4 is 15.9 Å². The maximum absolute atomic E-state index is 12.8. The number of rotatable bonds is 6. The van der Waals surface area contributed by atoms with Crippen molar-refractivity contribution in [2.75, 3.05) is 13.1 Å². The van der Waals surface area contributed by atoms with Crippen LogP contribution in [0.25, 0.3) is 0 Å². The second-order valence-corrected chi connectivity index (χ2v) is 9.00. The summed E-state index contributed by atoms with van der Waals surface area (Å²) in [6, 6.07) is 3.35. The van der Waals surface area contributed by atoms with Gasteiger partial charge in [-0.1, -0.05) is 32.1 Å². The zero-order valence-corrected chi connectivity index (χ0v) is 16.5. The third-order valence-electron chi connectivity index (χ3n) is 4.35. The highest BCUT2D eigenvalue weighted by atomic mass is 32.2. The molecule has 2 heterocycles. The lowest BCUT2D eigenvalue weighted by Crippen LogP contribution is -2.53. The van der Waals surface area contributed by atoms with Crippen LogP contribution >= 0.6 is 0 Å². The van der Waals surface area contributed by atoms with Crippen LogP contribution in [0.1, 0.15) is 26.7 Å². The van der Waals surface area contributed by atoms with Crippen molar-refractivity contribution in [3.63, 3.8) is 0 Å². The van der Waals surface area contributed by atoms with Crippen molar-refractivity contribution in [1.82, 2.24) is 14.6 Å². The van der Waals surface area contributed by atoms with E-state index in [0.717, 1.165) is 4.31 Å². The van der Waals surface area contributed by atoms with Crippen molar-refractivity contribution < 1.29 is 18.3 Å². The molecule has 9 heteroatoms. The van der Waals surface area contributed by atoms with E-state index in [2.05, 4.69) is 10.3 Å². The van der Waals surface area contributed by atoms with E-state index >= 15 is 0 Å². The lowest BCUT2D eigenvalue weighted by atomic mass is 10.0. The summed E-state index contributed by atoms with van der Waals surface area (Å²) in [4.78, 5) is 16.2. The number of carbonyl (C=O) groups excluding carboxylic acids is 1. The summed E-state index contributed by atoms with van der Waals surface area (Å²) in [6.45, 7) is 3.93. The van der Waals surface area contributed by atoms with E-state index in [-0.39, 0.29) is 29.9 Å². The minimum Gasteiger partial charge on any atom is -0.390 e. The molecule has 1 aliphatic rings. The largest absolute Gasteiger partial charge is 0.390 e. The third kappa shape index (κ3) is 5.83. The SMILES string of the molecule is CC(C)C[C@H](N)C(=O)NC1C/C=C\CN(S(=O)(=O)c2ccccn2)CC1O. The average Bonchev–Trinajstić information content (AvgIpc) is 2.61. The number of carbonyl (C=O) groups is 1. The minimum absolute atomic E-state index is 0.0780. The number of aliphatic hydroxyl groups excluding tert-OH is 1. The van der Waals surface area contributed by atoms with Crippen LogP contribution in [-0.2, 0) is 14.8 Å². The zero-order chi connectivity index (χ0) is 20.0. The van der Waals surface area contributed by atoms with E-state index in [9.17, 15) is 18.3 Å². The molecule has 0 spiro atoms. The molecule has 1 aromatic rings. The molecule has 0 bridgehead atoms. The van der Waals surface area contributed by atoms with Crippen molar-refractivity contribution in [2.45, 2.75) is 49.9 Å². The minimum atomic E-state index is -3.85. The van der Waals surface area contributed by atoms with E-state index in [1.165, 1.54) is 12.3 Å². The second kappa shape index (κ2) is 9.41. The smallest absolute Gasteiger partial charge is 0.260 e. The van der Waals surface area contributed by atoms with Crippen molar-refractivity contribution in [3.8, 4) is 0 Å². The molecule has 0 saturated carbocycles. The Morgan fingerprint density at radius 1 is 1.41 bits per heavy atom. The highest BCUT2D eigenvalue weighted by Crippen LogP contribution is 2.17. The van der Waals surface area contributed by atoms with E-state index in [4.69, 9.17) is 5.73 Å². The Morgan fingerprint density at radius 3 is 2.78 bits per heavy atom. The molecular formula is C18H28N4O4S. The van der Waals surface area contributed by atoms with Crippen molar-refractivity contribution in [1.29, 1.82) is 0 Å². The molecule has 0 radical (unpaired) electrons. The van der Waals surface area contributed by atoms with Gasteiger partial charge in [0.1, 0.15) is 0 Å². The van der Waals surface area contributed by atoms with Gasteiger partial charge in [-0.3, -0.25) is 4.79 Å². The molecule has 2 rings (SSSR count). The van der Waals surface area contributed by atoms with Crippen molar-refractivity contribution in [3.05, 3.63) is 36.5 Å². The normalized spacial score (nSPS) is 24.0. The monoisotopic (exact) mass is 396 g/mol. The molecular weight excluding hydrogens is 368 g/mol. The van der Waals surface area contributed by atoms with Gasteiger partial charge in [0.25, 0.3) is 10.0 Å². The first kappa shape index (κ1) is 21.5.